The van der Waals surface area contributed by atoms with Crippen LogP contribution in [0.1, 0.15) is 37.2 Å². The third-order valence-electron chi connectivity index (χ3n) is 2.69. The molecule has 0 amide bonds. The highest BCUT2D eigenvalue weighted by molar-refractivity contribution is 9.10. The molecule has 1 aliphatic rings. The number of hydrogen-bond donors (Lipinski definition) is 0. The lowest BCUT2D eigenvalue weighted by atomic mass is 10.0. The third-order valence-corrected chi connectivity index (χ3v) is 3.19. The molecule has 0 radical (unpaired) electrons. The number of carbonyl (C=O) groups excluding carboxylic acids is 1. The Labute approximate surface area is 109 Å². The van der Waals surface area contributed by atoms with Crippen LogP contribution in [0.3, 0.4) is 0 Å². The number of fused-ring (bicyclic) bond motifs is 1. The van der Waals surface area contributed by atoms with E-state index in [1.54, 1.807) is 0 Å². The van der Waals surface area contributed by atoms with E-state index in [1.807, 2.05) is 19.1 Å². The monoisotopic (exact) mass is 298 g/mol. The smallest absolute Gasteiger partial charge is 0.308 e. The summed E-state index contributed by atoms with van der Waals surface area (Å²) >= 11 is 3.44. The molecule has 1 unspecified atom stereocenters. The number of ether oxygens (including phenoxy) is 2. The summed E-state index contributed by atoms with van der Waals surface area (Å²) in [7, 11) is 0. The Morgan fingerprint density at radius 1 is 1.59 bits per heavy atom. The van der Waals surface area contributed by atoms with Gasteiger partial charge in [-0.3, -0.25) is 4.79 Å². The Balaban J connectivity index is 2.14. The lowest BCUT2D eigenvalue weighted by Crippen LogP contribution is -2.21. The lowest BCUT2D eigenvalue weighted by molar-refractivity contribution is -0.183. The SMILES string of the molecule is CCCC(=O)OC1OCCc2cc(Br)ccc21. The summed E-state index contributed by atoms with van der Waals surface area (Å²) in [5, 5.41) is 0. The van der Waals surface area contributed by atoms with Gasteiger partial charge in [-0.15, -0.1) is 0 Å². The maximum absolute atomic E-state index is 11.5. The molecule has 0 N–H and O–H groups in total. The first kappa shape index (κ1) is 12.6. The van der Waals surface area contributed by atoms with Gasteiger partial charge in [0, 0.05) is 16.5 Å². The molecule has 1 aromatic carbocycles. The molecule has 4 heteroatoms. The Morgan fingerprint density at radius 3 is 3.18 bits per heavy atom. The van der Waals surface area contributed by atoms with Crippen molar-refractivity contribution in [1.82, 2.24) is 0 Å². The van der Waals surface area contributed by atoms with Crippen molar-refractivity contribution >= 4 is 21.9 Å². The number of hydrogen-bond acceptors (Lipinski definition) is 3. The third kappa shape index (κ3) is 3.07. The van der Waals surface area contributed by atoms with Crippen molar-refractivity contribution in [2.45, 2.75) is 32.5 Å². The molecule has 1 aliphatic heterocycles. The van der Waals surface area contributed by atoms with Gasteiger partial charge >= 0.3 is 5.97 Å². The van der Waals surface area contributed by atoms with Gasteiger partial charge in [-0.2, -0.15) is 0 Å². The average molecular weight is 299 g/mol. The maximum Gasteiger partial charge on any atom is 0.308 e. The second-order valence-corrected chi connectivity index (χ2v) is 4.95. The molecule has 17 heavy (non-hydrogen) atoms. The van der Waals surface area contributed by atoms with Crippen molar-refractivity contribution in [3.8, 4) is 0 Å². The number of halogens is 1. The van der Waals surface area contributed by atoms with Gasteiger partial charge in [-0.05, 0) is 30.5 Å². The van der Waals surface area contributed by atoms with E-state index >= 15 is 0 Å². The number of rotatable bonds is 3. The van der Waals surface area contributed by atoms with Crippen LogP contribution in [0, 0.1) is 0 Å². The standard InChI is InChI=1S/C13H15BrO3/c1-2-3-12(15)17-13-11-5-4-10(14)8-9(11)6-7-16-13/h4-5,8,13H,2-3,6-7H2,1H3. The summed E-state index contributed by atoms with van der Waals surface area (Å²) in [5.74, 6) is -0.201. The van der Waals surface area contributed by atoms with E-state index in [2.05, 4.69) is 22.0 Å². The zero-order valence-corrected chi connectivity index (χ0v) is 11.3. The fraction of sp³-hybridized carbons (Fsp3) is 0.462. The highest BCUT2D eigenvalue weighted by atomic mass is 79.9. The van der Waals surface area contributed by atoms with Crippen LogP contribution in [-0.2, 0) is 20.7 Å². The van der Waals surface area contributed by atoms with Gasteiger partial charge in [-0.25, -0.2) is 0 Å². The number of carbonyl (C=O) groups is 1. The van der Waals surface area contributed by atoms with Gasteiger partial charge in [0.2, 0.25) is 6.29 Å². The molecule has 0 saturated heterocycles. The Bertz CT molecular complexity index is 417. The fourth-order valence-electron chi connectivity index (χ4n) is 1.87. The highest BCUT2D eigenvalue weighted by Gasteiger charge is 2.24. The Hall–Kier alpha value is -0.870. The summed E-state index contributed by atoms with van der Waals surface area (Å²) in [5.41, 5.74) is 2.14. The normalized spacial score (nSPS) is 18.6. The van der Waals surface area contributed by atoms with Crippen molar-refractivity contribution in [2.75, 3.05) is 6.61 Å². The van der Waals surface area contributed by atoms with E-state index in [0.29, 0.717) is 13.0 Å². The lowest BCUT2D eigenvalue weighted by Gasteiger charge is -2.25. The van der Waals surface area contributed by atoms with Gasteiger partial charge < -0.3 is 9.47 Å². The van der Waals surface area contributed by atoms with Crippen molar-refractivity contribution in [3.63, 3.8) is 0 Å². The summed E-state index contributed by atoms with van der Waals surface area (Å²) in [6.07, 6.45) is 1.55. The second-order valence-electron chi connectivity index (χ2n) is 4.04. The minimum absolute atomic E-state index is 0.201. The molecule has 0 spiro atoms. The van der Waals surface area contributed by atoms with Crippen LogP contribution < -0.4 is 0 Å². The maximum atomic E-state index is 11.5. The predicted octanol–water partition coefficient (Wildman–Crippen LogP) is 3.36. The van der Waals surface area contributed by atoms with Crippen LogP contribution in [0.4, 0.5) is 0 Å². The number of esters is 1. The molecule has 0 aliphatic carbocycles. The molecule has 0 aromatic heterocycles. The van der Waals surface area contributed by atoms with Gasteiger partial charge in [0.1, 0.15) is 0 Å². The van der Waals surface area contributed by atoms with E-state index in [1.165, 1.54) is 5.56 Å². The number of benzene rings is 1. The van der Waals surface area contributed by atoms with Crippen molar-refractivity contribution in [2.24, 2.45) is 0 Å². The van der Waals surface area contributed by atoms with Crippen molar-refractivity contribution in [3.05, 3.63) is 33.8 Å². The highest BCUT2D eigenvalue weighted by Crippen LogP contribution is 2.30. The first-order chi connectivity index (χ1) is 8.20. The first-order valence-corrected chi connectivity index (χ1v) is 6.59. The Kier molecular flexibility index (Phi) is 4.18. The summed E-state index contributed by atoms with van der Waals surface area (Å²) < 4.78 is 11.9. The fourth-order valence-corrected chi connectivity index (χ4v) is 2.27. The minimum atomic E-state index is -0.536. The molecule has 0 saturated carbocycles. The zero-order valence-electron chi connectivity index (χ0n) is 9.74. The molecule has 92 valence electrons. The van der Waals surface area contributed by atoms with E-state index in [4.69, 9.17) is 9.47 Å². The predicted molar refractivity (Wildman–Crippen MR) is 67.5 cm³/mol. The van der Waals surface area contributed by atoms with Crippen molar-refractivity contribution < 1.29 is 14.3 Å². The Morgan fingerprint density at radius 2 is 2.41 bits per heavy atom. The van der Waals surface area contributed by atoms with Crippen LogP contribution in [0.2, 0.25) is 0 Å². The molecular formula is C13H15BrO3. The summed E-state index contributed by atoms with van der Waals surface area (Å²) in [6.45, 7) is 2.54. The molecule has 2 rings (SSSR count). The van der Waals surface area contributed by atoms with E-state index in [9.17, 15) is 4.79 Å². The van der Waals surface area contributed by atoms with Gasteiger partial charge in [0.15, 0.2) is 0 Å². The van der Waals surface area contributed by atoms with Crippen LogP contribution >= 0.6 is 15.9 Å². The topological polar surface area (TPSA) is 35.5 Å². The first-order valence-electron chi connectivity index (χ1n) is 5.80. The molecule has 1 atom stereocenters. The van der Waals surface area contributed by atoms with E-state index in [-0.39, 0.29) is 5.97 Å². The zero-order chi connectivity index (χ0) is 12.3. The largest absolute Gasteiger partial charge is 0.431 e. The van der Waals surface area contributed by atoms with Crippen LogP contribution in [0.25, 0.3) is 0 Å². The minimum Gasteiger partial charge on any atom is -0.431 e. The summed E-state index contributed by atoms with van der Waals surface area (Å²) in [4.78, 5) is 11.5. The molecule has 1 aromatic rings. The summed E-state index contributed by atoms with van der Waals surface area (Å²) in [6, 6.07) is 5.94. The van der Waals surface area contributed by atoms with E-state index in [0.717, 1.165) is 22.9 Å². The van der Waals surface area contributed by atoms with Crippen molar-refractivity contribution in [1.29, 1.82) is 0 Å². The average Bonchev–Trinajstić information content (AvgIpc) is 2.29. The molecular weight excluding hydrogens is 284 g/mol. The molecule has 3 nitrogen and oxygen atoms in total. The van der Waals surface area contributed by atoms with Gasteiger partial charge in [-0.1, -0.05) is 28.9 Å². The van der Waals surface area contributed by atoms with Crippen LogP contribution in [0.15, 0.2) is 22.7 Å². The molecule has 1 heterocycles. The quantitative estimate of drug-likeness (QED) is 0.803. The second kappa shape index (κ2) is 5.65. The van der Waals surface area contributed by atoms with Crippen LogP contribution in [-0.4, -0.2) is 12.6 Å². The van der Waals surface area contributed by atoms with Gasteiger partial charge in [0.25, 0.3) is 0 Å². The van der Waals surface area contributed by atoms with Gasteiger partial charge in [0.05, 0.1) is 6.61 Å². The molecule has 0 bridgehead atoms. The van der Waals surface area contributed by atoms with Crippen LogP contribution in [0.5, 0.6) is 0 Å². The van der Waals surface area contributed by atoms with E-state index < -0.39 is 6.29 Å². The molecule has 0 fully saturated rings.